The molecule has 5 heteroatoms. The van der Waals surface area contributed by atoms with E-state index in [2.05, 4.69) is 5.43 Å². The van der Waals surface area contributed by atoms with Crippen molar-refractivity contribution in [3.8, 4) is 0 Å². The Morgan fingerprint density at radius 2 is 2.00 bits per heavy atom. The molecule has 84 valence electrons. The Hall–Kier alpha value is -0.260. The van der Waals surface area contributed by atoms with Gasteiger partial charge in [-0.3, -0.25) is 10.2 Å². The zero-order valence-corrected chi connectivity index (χ0v) is 9.93. The van der Waals surface area contributed by atoms with Gasteiger partial charge in [0.15, 0.2) is 0 Å². The molecule has 14 heavy (non-hydrogen) atoms. The molecule has 0 fully saturated rings. The average Bonchev–Trinajstić information content (AvgIpc) is 2.10. The molecule has 2 unspecified atom stereocenters. The summed E-state index contributed by atoms with van der Waals surface area (Å²) in [6.45, 7) is 5.99. The van der Waals surface area contributed by atoms with Gasteiger partial charge in [-0.25, -0.2) is 5.84 Å². The van der Waals surface area contributed by atoms with Crippen LogP contribution in [0, 0.1) is 5.92 Å². The summed E-state index contributed by atoms with van der Waals surface area (Å²) in [5, 5.41) is -0.0706. The number of carbonyl (C=O) groups excluding carboxylic acids is 1. The molecule has 4 nitrogen and oxygen atoms in total. The zero-order chi connectivity index (χ0) is 11.1. The van der Waals surface area contributed by atoms with Crippen LogP contribution in [0.5, 0.6) is 0 Å². The van der Waals surface area contributed by atoms with Gasteiger partial charge in [0.2, 0.25) is 5.91 Å². The predicted octanol–water partition coefficient (Wildman–Crippen LogP) is 0.471. The van der Waals surface area contributed by atoms with E-state index in [0.717, 1.165) is 12.2 Å². The van der Waals surface area contributed by atoms with Crippen LogP contribution >= 0.6 is 11.8 Å². The van der Waals surface area contributed by atoms with Crippen molar-refractivity contribution in [2.24, 2.45) is 17.5 Å². The van der Waals surface area contributed by atoms with Crippen molar-refractivity contribution in [3.63, 3.8) is 0 Å². The summed E-state index contributed by atoms with van der Waals surface area (Å²) in [7, 11) is 0. The fraction of sp³-hybridized carbons (Fsp3) is 0.889. The van der Waals surface area contributed by atoms with Crippen LogP contribution in [0.1, 0.15) is 27.2 Å². The Labute approximate surface area is 90.1 Å². The lowest BCUT2D eigenvalue weighted by Crippen LogP contribution is -2.40. The molecule has 0 aromatic heterocycles. The Bertz CT molecular complexity index is 173. The smallest absolute Gasteiger partial charge is 0.247 e. The molecule has 0 heterocycles. The number of nitrogens with one attached hydrogen (secondary N) is 1. The third-order valence-corrected chi connectivity index (χ3v) is 3.47. The van der Waals surface area contributed by atoms with E-state index >= 15 is 0 Å². The van der Waals surface area contributed by atoms with Crippen LogP contribution in [-0.2, 0) is 4.79 Å². The highest BCUT2D eigenvalue weighted by atomic mass is 32.2. The number of hydrazine groups is 1. The molecule has 0 rings (SSSR count). The van der Waals surface area contributed by atoms with Crippen molar-refractivity contribution in [2.75, 3.05) is 5.75 Å². The second-order valence-corrected chi connectivity index (χ2v) is 5.06. The first kappa shape index (κ1) is 13.7. The molecular weight excluding hydrogens is 198 g/mol. The number of thioether (sulfide) groups is 1. The molecule has 0 radical (unpaired) electrons. The van der Waals surface area contributed by atoms with Crippen molar-refractivity contribution < 1.29 is 4.79 Å². The zero-order valence-electron chi connectivity index (χ0n) is 9.12. The highest BCUT2D eigenvalue weighted by Gasteiger charge is 2.21. The van der Waals surface area contributed by atoms with E-state index in [1.165, 1.54) is 0 Å². The molecule has 0 bridgehead atoms. The first-order valence-corrected chi connectivity index (χ1v) is 5.91. The lowest BCUT2D eigenvalue weighted by atomic mass is 10.1. The first-order valence-electron chi connectivity index (χ1n) is 4.86. The number of rotatable bonds is 6. The lowest BCUT2D eigenvalue weighted by molar-refractivity contribution is -0.121. The van der Waals surface area contributed by atoms with E-state index in [-0.39, 0.29) is 23.1 Å². The minimum Gasteiger partial charge on any atom is -0.328 e. The average molecular weight is 219 g/mol. The van der Waals surface area contributed by atoms with Gasteiger partial charge >= 0.3 is 0 Å². The van der Waals surface area contributed by atoms with E-state index in [9.17, 15) is 4.79 Å². The molecule has 0 saturated heterocycles. The topological polar surface area (TPSA) is 81.1 Å². The van der Waals surface area contributed by atoms with Crippen molar-refractivity contribution in [2.45, 2.75) is 38.5 Å². The van der Waals surface area contributed by atoms with Crippen LogP contribution in [0.3, 0.4) is 0 Å². The molecule has 0 aliphatic heterocycles. The number of amides is 1. The Kier molecular flexibility index (Phi) is 6.96. The molecule has 0 aromatic carbocycles. The number of hydrogen-bond donors (Lipinski definition) is 3. The molecule has 0 saturated carbocycles. The Balaban J connectivity index is 3.92. The maximum atomic E-state index is 11.3. The van der Waals surface area contributed by atoms with Crippen LogP contribution in [0.2, 0.25) is 0 Å². The van der Waals surface area contributed by atoms with Crippen LogP contribution in [0.4, 0.5) is 0 Å². The first-order chi connectivity index (χ1) is 6.49. The minimum absolute atomic E-state index is 0.0706. The van der Waals surface area contributed by atoms with Crippen LogP contribution in [0.25, 0.3) is 0 Å². The fourth-order valence-electron chi connectivity index (χ4n) is 1.03. The minimum atomic E-state index is -0.102. The van der Waals surface area contributed by atoms with Crippen molar-refractivity contribution >= 4 is 17.7 Å². The summed E-state index contributed by atoms with van der Waals surface area (Å²) in [6.07, 6.45) is 0.922. The van der Waals surface area contributed by atoms with E-state index < -0.39 is 0 Å². The van der Waals surface area contributed by atoms with Gasteiger partial charge in [0.05, 0.1) is 5.25 Å². The Morgan fingerprint density at radius 1 is 1.43 bits per heavy atom. The van der Waals surface area contributed by atoms with Gasteiger partial charge in [0.25, 0.3) is 0 Å². The van der Waals surface area contributed by atoms with Crippen molar-refractivity contribution in [1.29, 1.82) is 0 Å². The molecule has 2 atom stereocenters. The summed E-state index contributed by atoms with van der Waals surface area (Å²) >= 11 is 1.62. The maximum Gasteiger partial charge on any atom is 0.247 e. The summed E-state index contributed by atoms with van der Waals surface area (Å²) in [5.41, 5.74) is 7.82. The monoisotopic (exact) mass is 219 g/mol. The molecular formula is C9H21N3OS. The number of nitrogens with two attached hydrogens (primary N) is 2. The number of hydrogen-bond acceptors (Lipinski definition) is 4. The molecule has 0 aliphatic rings. The number of carbonyl (C=O) groups is 1. The van der Waals surface area contributed by atoms with Gasteiger partial charge < -0.3 is 5.73 Å². The highest BCUT2D eigenvalue weighted by molar-refractivity contribution is 8.00. The van der Waals surface area contributed by atoms with Gasteiger partial charge in [0.1, 0.15) is 0 Å². The summed E-state index contributed by atoms with van der Waals surface area (Å²) in [4.78, 5) is 11.3. The van der Waals surface area contributed by atoms with Gasteiger partial charge in [0, 0.05) is 6.04 Å². The third-order valence-electron chi connectivity index (χ3n) is 1.88. The largest absolute Gasteiger partial charge is 0.328 e. The van der Waals surface area contributed by atoms with Crippen LogP contribution in [-0.4, -0.2) is 23.0 Å². The molecule has 0 aromatic rings. The predicted molar refractivity (Wildman–Crippen MR) is 61.7 cm³/mol. The highest BCUT2D eigenvalue weighted by Crippen LogP contribution is 2.20. The van der Waals surface area contributed by atoms with Gasteiger partial charge in [-0.2, -0.15) is 0 Å². The van der Waals surface area contributed by atoms with Crippen molar-refractivity contribution in [3.05, 3.63) is 0 Å². The van der Waals surface area contributed by atoms with E-state index in [1.807, 2.05) is 20.8 Å². The van der Waals surface area contributed by atoms with Gasteiger partial charge in [-0.15, -0.1) is 11.8 Å². The van der Waals surface area contributed by atoms with E-state index in [4.69, 9.17) is 11.6 Å². The van der Waals surface area contributed by atoms with Crippen LogP contribution < -0.4 is 17.0 Å². The summed E-state index contributed by atoms with van der Waals surface area (Å²) < 4.78 is 0. The maximum absolute atomic E-state index is 11.3. The molecule has 1 amide bonds. The van der Waals surface area contributed by atoms with Gasteiger partial charge in [-0.1, -0.05) is 13.8 Å². The lowest BCUT2D eigenvalue weighted by Gasteiger charge is -2.18. The van der Waals surface area contributed by atoms with E-state index in [1.54, 1.807) is 11.8 Å². The van der Waals surface area contributed by atoms with Crippen LogP contribution in [0.15, 0.2) is 0 Å². The Morgan fingerprint density at radius 3 is 2.36 bits per heavy atom. The molecule has 5 N–H and O–H groups in total. The summed E-state index contributed by atoms with van der Waals surface area (Å²) in [5.74, 6) is 6.19. The summed E-state index contributed by atoms with van der Waals surface area (Å²) in [6, 6.07) is 0.191. The SMILES string of the molecule is CC(N)CCSC(C(=O)NN)C(C)C. The second kappa shape index (κ2) is 7.09. The molecule has 0 spiro atoms. The fourth-order valence-corrected chi connectivity index (χ4v) is 2.40. The van der Waals surface area contributed by atoms with Gasteiger partial charge in [-0.05, 0) is 25.0 Å². The van der Waals surface area contributed by atoms with Crippen molar-refractivity contribution in [1.82, 2.24) is 5.43 Å². The quantitative estimate of drug-likeness (QED) is 0.345. The normalized spacial score (nSPS) is 15.3. The third kappa shape index (κ3) is 5.47. The molecule has 0 aliphatic carbocycles. The standard InChI is InChI=1S/C9H21N3OS/c1-6(2)8(9(13)12-11)14-5-4-7(3)10/h6-8H,4-5,10-11H2,1-3H3,(H,12,13). The van der Waals surface area contributed by atoms with E-state index in [0.29, 0.717) is 0 Å². The second-order valence-electron chi connectivity index (χ2n) is 3.81.